The van der Waals surface area contributed by atoms with Gasteiger partial charge in [-0.25, -0.2) is 0 Å². The summed E-state index contributed by atoms with van der Waals surface area (Å²) in [6.45, 7) is 0. The first kappa shape index (κ1) is 7.00. The molecule has 0 aromatic carbocycles. The maximum absolute atomic E-state index is 5.70. The predicted molar refractivity (Wildman–Crippen MR) is 39.7 cm³/mol. The number of thioether (sulfide) groups is 1. The molecule has 0 aromatic heterocycles. The molecule has 4 heteroatoms. The molecule has 0 aliphatic carbocycles. The Morgan fingerprint density at radius 1 is 1.25 bits per heavy atom. The van der Waals surface area contributed by atoms with E-state index in [1.807, 2.05) is 0 Å². The van der Waals surface area contributed by atoms with E-state index in [9.17, 15) is 0 Å². The van der Waals surface area contributed by atoms with Gasteiger partial charge in [-0.05, 0) is 0 Å². The molecule has 0 radical (unpaired) electrons. The predicted octanol–water partition coefficient (Wildman–Crippen LogP) is 1.45. The highest BCUT2D eigenvalue weighted by Crippen LogP contribution is 2.16. The maximum Gasteiger partial charge on any atom is 0.0928 e. The summed E-state index contributed by atoms with van der Waals surface area (Å²) in [7, 11) is 0. The van der Waals surface area contributed by atoms with E-state index in [0.717, 1.165) is 11.5 Å². The van der Waals surface area contributed by atoms with E-state index in [0.29, 0.717) is 0 Å². The lowest BCUT2D eigenvalue weighted by Crippen LogP contribution is -2.38. The first-order valence-corrected chi connectivity index (χ1v) is 4.44. The molecule has 48 valence electrons. The quantitative estimate of drug-likeness (QED) is 0.438. The highest BCUT2D eigenvalue weighted by molar-refractivity contribution is 7.99. The van der Waals surface area contributed by atoms with E-state index in [4.69, 9.17) is 23.2 Å². The number of nitrogens with one attached hydrogen (secondary N) is 1. The summed E-state index contributed by atoms with van der Waals surface area (Å²) in [5.74, 6) is 1.93. The van der Waals surface area contributed by atoms with Crippen LogP contribution in [0.15, 0.2) is 0 Å². The standard InChI is InChI=1S/C4H7Cl2NS/c5-3-1-8-2-4(6)7-3/h3-4,7H,1-2H2. The average Bonchev–Trinajstić information content (AvgIpc) is 1.64. The summed E-state index contributed by atoms with van der Waals surface area (Å²) < 4.78 is 0. The Kier molecular flexibility index (Phi) is 2.76. The Labute approximate surface area is 63.1 Å². The third kappa shape index (κ3) is 2.02. The van der Waals surface area contributed by atoms with E-state index < -0.39 is 0 Å². The smallest absolute Gasteiger partial charge is 0.0928 e. The topological polar surface area (TPSA) is 12.0 Å². The van der Waals surface area contributed by atoms with Crippen LogP contribution in [0.1, 0.15) is 0 Å². The van der Waals surface area contributed by atoms with E-state index in [1.165, 1.54) is 0 Å². The van der Waals surface area contributed by atoms with Gasteiger partial charge < -0.3 is 0 Å². The highest BCUT2D eigenvalue weighted by atomic mass is 35.5. The fourth-order valence-corrected chi connectivity index (χ4v) is 2.21. The van der Waals surface area contributed by atoms with Crippen molar-refractivity contribution in [1.82, 2.24) is 5.32 Å². The van der Waals surface area contributed by atoms with Crippen LogP contribution < -0.4 is 5.32 Å². The summed E-state index contributed by atoms with van der Waals surface area (Å²) in [6, 6.07) is 0. The normalized spacial score (nSPS) is 39.8. The van der Waals surface area contributed by atoms with Crippen LogP contribution in [0.4, 0.5) is 0 Å². The molecule has 1 saturated heterocycles. The van der Waals surface area contributed by atoms with E-state index in [-0.39, 0.29) is 11.0 Å². The molecular formula is C4H7Cl2NS. The maximum atomic E-state index is 5.70. The second-order valence-corrected chi connectivity index (χ2v) is 3.77. The van der Waals surface area contributed by atoms with E-state index in [1.54, 1.807) is 11.8 Å². The summed E-state index contributed by atoms with van der Waals surface area (Å²) in [5, 5.41) is 2.99. The van der Waals surface area contributed by atoms with Crippen molar-refractivity contribution in [2.75, 3.05) is 11.5 Å². The molecule has 0 saturated carbocycles. The highest BCUT2D eigenvalue weighted by Gasteiger charge is 2.15. The lowest BCUT2D eigenvalue weighted by molar-refractivity contribution is 0.662. The van der Waals surface area contributed by atoms with Crippen LogP contribution in [-0.4, -0.2) is 22.5 Å². The number of halogens is 2. The molecule has 0 bridgehead atoms. The summed E-state index contributed by atoms with van der Waals surface area (Å²) in [4.78, 5) is 0. The van der Waals surface area contributed by atoms with Gasteiger partial charge in [0.15, 0.2) is 0 Å². The molecule has 0 aromatic rings. The molecule has 1 heterocycles. The molecule has 1 fully saturated rings. The Hall–Kier alpha value is 0.890. The van der Waals surface area contributed by atoms with E-state index in [2.05, 4.69) is 5.32 Å². The lowest BCUT2D eigenvalue weighted by atomic mass is 10.6. The third-order valence-electron chi connectivity index (χ3n) is 0.890. The van der Waals surface area contributed by atoms with Gasteiger partial charge in [0.05, 0.1) is 11.0 Å². The fourth-order valence-electron chi connectivity index (χ4n) is 0.567. The van der Waals surface area contributed by atoms with Crippen LogP contribution in [-0.2, 0) is 0 Å². The molecule has 1 aliphatic rings. The Bertz CT molecular complexity index is 72.4. The average molecular weight is 172 g/mol. The second-order valence-electron chi connectivity index (χ2n) is 1.64. The summed E-state index contributed by atoms with van der Waals surface area (Å²) in [6.07, 6.45) is 0. The molecule has 8 heavy (non-hydrogen) atoms. The Morgan fingerprint density at radius 3 is 2.00 bits per heavy atom. The minimum atomic E-state index is 0.0660. The molecule has 2 unspecified atom stereocenters. The van der Waals surface area contributed by atoms with E-state index >= 15 is 0 Å². The van der Waals surface area contributed by atoms with Crippen molar-refractivity contribution in [3.05, 3.63) is 0 Å². The van der Waals surface area contributed by atoms with Gasteiger partial charge in [0.2, 0.25) is 0 Å². The van der Waals surface area contributed by atoms with Crippen LogP contribution in [0, 0.1) is 0 Å². The summed E-state index contributed by atoms with van der Waals surface area (Å²) >= 11 is 13.2. The first-order chi connectivity index (χ1) is 3.79. The van der Waals surface area contributed by atoms with Crippen molar-refractivity contribution >= 4 is 35.0 Å². The SMILES string of the molecule is ClC1CSCC(Cl)N1. The zero-order valence-electron chi connectivity index (χ0n) is 4.23. The van der Waals surface area contributed by atoms with Gasteiger partial charge in [-0.15, -0.1) is 23.2 Å². The van der Waals surface area contributed by atoms with Crippen LogP contribution in [0.3, 0.4) is 0 Å². The number of rotatable bonds is 0. The molecule has 1 aliphatic heterocycles. The number of alkyl halides is 2. The minimum absolute atomic E-state index is 0.0660. The zero-order valence-corrected chi connectivity index (χ0v) is 6.56. The monoisotopic (exact) mass is 171 g/mol. The molecule has 1 N–H and O–H groups in total. The molecule has 2 atom stereocenters. The van der Waals surface area contributed by atoms with Crippen molar-refractivity contribution in [3.63, 3.8) is 0 Å². The largest absolute Gasteiger partial charge is 0.284 e. The first-order valence-electron chi connectivity index (χ1n) is 2.41. The van der Waals surface area contributed by atoms with Gasteiger partial charge >= 0.3 is 0 Å². The molecule has 0 spiro atoms. The Morgan fingerprint density at radius 2 is 1.75 bits per heavy atom. The van der Waals surface area contributed by atoms with Crippen LogP contribution >= 0.6 is 35.0 Å². The summed E-state index contributed by atoms with van der Waals surface area (Å²) in [5.41, 5.74) is 0.132. The molecule has 1 nitrogen and oxygen atoms in total. The molecule has 1 rings (SSSR count). The van der Waals surface area contributed by atoms with Crippen LogP contribution in [0.5, 0.6) is 0 Å². The van der Waals surface area contributed by atoms with Gasteiger partial charge in [0.25, 0.3) is 0 Å². The molecular weight excluding hydrogens is 165 g/mol. The van der Waals surface area contributed by atoms with Gasteiger partial charge in [-0.1, -0.05) is 0 Å². The van der Waals surface area contributed by atoms with Crippen molar-refractivity contribution in [3.8, 4) is 0 Å². The second kappa shape index (κ2) is 3.16. The van der Waals surface area contributed by atoms with Crippen LogP contribution in [0.25, 0.3) is 0 Å². The van der Waals surface area contributed by atoms with Crippen molar-refractivity contribution in [2.45, 2.75) is 11.0 Å². The van der Waals surface area contributed by atoms with Gasteiger partial charge in [-0.3, -0.25) is 5.32 Å². The number of hydrogen-bond acceptors (Lipinski definition) is 2. The van der Waals surface area contributed by atoms with Gasteiger partial charge in [0.1, 0.15) is 0 Å². The Balaban J connectivity index is 2.23. The number of hydrogen-bond donors (Lipinski definition) is 1. The minimum Gasteiger partial charge on any atom is -0.284 e. The van der Waals surface area contributed by atoms with Gasteiger partial charge in [0, 0.05) is 11.5 Å². The van der Waals surface area contributed by atoms with Crippen molar-refractivity contribution < 1.29 is 0 Å². The van der Waals surface area contributed by atoms with Gasteiger partial charge in [-0.2, -0.15) is 11.8 Å². The lowest BCUT2D eigenvalue weighted by Gasteiger charge is -2.21. The third-order valence-corrected chi connectivity index (χ3v) is 2.95. The van der Waals surface area contributed by atoms with Crippen molar-refractivity contribution in [1.29, 1.82) is 0 Å². The van der Waals surface area contributed by atoms with Crippen molar-refractivity contribution in [2.24, 2.45) is 0 Å². The molecule has 0 amide bonds. The zero-order chi connectivity index (χ0) is 5.98. The fraction of sp³-hybridized carbons (Fsp3) is 1.00. The van der Waals surface area contributed by atoms with Crippen LogP contribution in [0.2, 0.25) is 0 Å².